The largest absolute Gasteiger partial charge is 0.354 e. The number of rotatable bonds is 7. The molecule has 1 aliphatic heterocycles. The summed E-state index contributed by atoms with van der Waals surface area (Å²) >= 11 is 0. The molecule has 1 amide bonds. The number of carbonyl (C=O) groups is 1. The Labute approximate surface area is 155 Å². The van der Waals surface area contributed by atoms with Crippen LogP contribution in [0.1, 0.15) is 38.2 Å². The normalized spacial score (nSPS) is 17.7. The van der Waals surface area contributed by atoms with Crippen LogP contribution in [0.25, 0.3) is 0 Å². The molecular formula is C20H27N5O. The monoisotopic (exact) mass is 353 g/mol. The predicted molar refractivity (Wildman–Crippen MR) is 104 cm³/mol. The van der Waals surface area contributed by atoms with Crippen LogP contribution in [0, 0.1) is 0 Å². The van der Waals surface area contributed by atoms with Gasteiger partial charge in [0, 0.05) is 43.6 Å². The van der Waals surface area contributed by atoms with Crippen LogP contribution in [0.5, 0.6) is 0 Å². The molecular weight excluding hydrogens is 326 g/mol. The number of likely N-dealkylation sites (tertiary alicyclic amines) is 1. The Kier molecular flexibility index (Phi) is 6.55. The van der Waals surface area contributed by atoms with Gasteiger partial charge in [-0.1, -0.05) is 18.6 Å². The Morgan fingerprint density at radius 3 is 2.69 bits per heavy atom. The number of amides is 1. The summed E-state index contributed by atoms with van der Waals surface area (Å²) in [7, 11) is 0. The summed E-state index contributed by atoms with van der Waals surface area (Å²) in [5.74, 6) is 0.516. The van der Waals surface area contributed by atoms with Gasteiger partial charge in [-0.15, -0.1) is 0 Å². The van der Waals surface area contributed by atoms with E-state index in [4.69, 9.17) is 0 Å². The number of hydrogen-bond acceptors (Lipinski definition) is 5. The van der Waals surface area contributed by atoms with Crippen LogP contribution in [-0.4, -0.2) is 39.9 Å². The minimum atomic E-state index is -0.0224. The van der Waals surface area contributed by atoms with Gasteiger partial charge in [0.2, 0.25) is 11.9 Å². The fourth-order valence-corrected chi connectivity index (χ4v) is 3.22. The Bertz CT molecular complexity index is 689. The van der Waals surface area contributed by atoms with Crippen molar-refractivity contribution < 1.29 is 4.79 Å². The number of nitrogens with one attached hydrogen (secondary N) is 2. The van der Waals surface area contributed by atoms with E-state index in [1.54, 1.807) is 18.5 Å². The van der Waals surface area contributed by atoms with Crippen molar-refractivity contribution in [2.24, 2.45) is 0 Å². The first-order valence-corrected chi connectivity index (χ1v) is 9.34. The number of hydrogen-bond donors (Lipinski definition) is 2. The highest BCUT2D eigenvalue weighted by Crippen LogP contribution is 2.20. The van der Waals surface area contributed by atoms with Gasteiger partial charge in [0.05, 0.1) is 0 Å². The van der Waals surface area contributed by atoms with Crippen molar-refractivity contribution in [1.29, 1.82) is 0 Å². The molecule has 1 aromatic heterocycles. The van der Waals surface area contributed by atoms with Crippen LogP contribution in [0.3, 0.4) is 0 Å². The molecule has 0 aliphatic carbocycles. The van der Waals surface area contributed by atoms with Crippen LogP contribution in [-0.2, 0) is 11.3 Å². The Hall–Kier alpha value is -2.47. The van der Waals surface area contributed by atoms with Crippen LogP contribution >= 0.6 is 0 Å². The number of nitrogens with zero attached hydrogens (tertiary/aromatic N) is 3. The molecule has 0 spiro atoms. The number of benzene rings is 1. The van der Waals surface area contributed by atoms with E-state index >= 15 is 0 Å². The van der Waals surface area contributed by atoms with Crippen molar-refractivity contribution >= 4 is 17.5 Å². The molecule has 6 heteroatoms. The molecule has 2 heterocycles. The summed E-state index contributed by atoms with van der Waals surface area (Å²) in [6.45, 7) is 4.97. The summed E-state index contributed by atoms with van der Waals surface area (Å²) in [4.78, 5) is 22.7. The van der Waals surface area contributed by atoms with Gasteiger partial charge in [-0.05, 0) is 50.1 Å². The quantitative estimate of drug-likeness (QED) is 0.799. The molecule has 2 aromatic rings. The van der Waals surface area contributed by atoms with E-state index in [1.807, 2.05) is 12.1 Å². The van der Waals surface area contributed by atoms with Crippen molar-refractivity contribution in [2.45, 2.75) is 45.2 Å². The van der Waals surface area contributed by atoms with E-state index in [1.165, 1.54) is 31.4 Å². The first-order chi connectivity index (χ1) is 12.7. The fourth-order valence-electron chi connectivity index (χ4n) is 3.22. The second-order valence-corrected chi connectivity index (χ2v) is 6.81. The minimum Gasteiger partial charge on any atom is -0.354 e. The summed E-state index contributed by atoms with van der Waals surface area (Å²) in [5, 5.41) is 5.97. The molecule has 0 saturated carbocycles. The molecule has 1 unspecified atom stereocenters. The topological polar surface area (TPSA) is 70.2 Å². The van der Waals surface area contributed by atoms with Crippen molar-refractivity contribution in [3.8, 4) is 0 Å². The van der Waals surface area contributed by atoms with Gasteiger partial charge in [-0.3, -0.25) is 9.69 Å². The number of piperidine rings is 1. The summed E-state index contributed by atoms with van der Waals surface area (Å²) in [6, 6.07) is 10.6. The number of aromatic nitrogens is 2. The second-order valence-electron chi connectivity index (χ2n) is 6.81. The molecule has 138 valence electrons. The molecule has 1 saturated heterocycles. The van der Waals surface area contributed by atoms with Crippen LogP contribution in [0.4, 0.5) is 11.6 Å². The van der Waals surface area contributed by atoms with E-state index in [0.717, 1.165) is 12.2 Å². The number of anilines is 2. The van der Waals surface area contributed by atoms with E-state index < -0.39 is 0 Å². The standard InChI is InChI=1S/C20H27N5O/c1-16-5-2-3-14-25(16)15-17-6-8-18(9-7-17)24-19(26)10-13-23-20-21-11-4-12-22-20/h4,6-9,11-12,16H,2-3,5,10,13-15H2,1H3,(H,24,26)(H,21,22,23). The minimum absolute atomic E-state index is 0.0224. The molecule has 3 rings (SSSR count). The molecule has 26 heavy (non-hydrogen) atoms. The third kappa shape index (κ3) is 5.52. The van der Waals surface area contributed by atoms with Gasteiger partial charge in [0.15, 0.2) is 0 Å². The zero-order valence-corrected chi connectivity index (χ0v) is 15.3. The van der Waals surface area contributed by atoms with E-state index in [-0.39, 0.29) is 5.91 Å². The lowest BCUT2D eigenvalue weighted by Gasteiger charge is -2.33. The molecule has 1 fully saturated rings. The molecule has 6 nitrogen and oxygen atoms in total. The maximum absolute atomic E-state index is 12.0. The molecule has 0 bridgehead atoms. The first kappa shape index (κ1) is 18.3. The van der Waals surface area contributed by atoms with Gasteiger partial charge >= 0.3 is 0 Å². The Balaban J connectivity index is 1.42. The summed E-state index contributed by atoms with van der Waals surface area (Å²) in [6.07, 6.45) is 7.62. The van der Waals surface area contributed by atoms with Gasteiger partial charge in [0.25, 0.3) is 0 Å². The maximum atomic E-state index is 12.0. The van der Waals surface area contributed by atoms with Gasteiger partial charge < -0.3 is 10.6 Å². The fraction of sp³-hybridized carbons (Fsp3) is 0.450. The first-order valence-electron chi connectivity index (χ1n) is 9.34. The third-order valence-corrected chi connectivity index (χ3v) is 4.76. The number of carbonyl (C=O) groups excluding carboxylic acids is 1. The van der Waals surface area contributed by atoms with Crippen molar-refractivity contribution in [2.75, 3.05) is 23.7 Å². The lowest BCUT2D eigenvalue weighted by Crippen LogP contribution is -2.36. The average molecular weight is 353 g/mol. The van der Waals surface area contributed by atoms with E-state index in [9.17, 15) is 4.79 Å². The Morgan fingerprint density at radius 2 is 1.96 bits per heavy atom. The van der Waals surface area contributed by atoms with Crippen LogP contribution < -0.4 is 10.6 Å². The molecule has 1 aromatic carbocycles. The molecule has 1 aliphatic rings. The van der Waals surface area contributed by atoms with E-state index in [2.05, 4.69) is 44.6 Å². The maximum Gasteiger partial charge on any atom is 0.226 e. The lowest BCUT2D eigenvalue weighted by atomic mass is 10.0. The molecule has 0 radical (unpaired) electrons. The van der Waals surface area contributed by atoms with Gasteiger partial charge in [-0.25, -0.2) is 9.97 Å². The highest BCUT2D eigenvalue weighted by molar-refractivity contribution is 5.90. The van der Waals surface area contributed by atoms with Crippen molar-refractivity contribution in [1.82, 2.24) is 14.9 Å². The highest BCUT2D eigenvalue weighted by atomic mass is 16.1. The molecule has 2 N–H and O–H groups in total. The Morgan fingerprint density at radius 1 is 1.19 bits per heavy atom. The zero-order valence-electron chi connectivity index (χ0n) is 15.3. The average Bonchev–Trinajstić information content (AvgIpc) is 2.66. The smallest absolute Gasteiger partial charge is 0.226 e. The van der Waals surface area contributed by atoms with Gasteiger partial charge in [0.1, 0.15) is 0 Å². The van der Waals surface area contributed by atoms with E-state index in [0.29, 0.717) is 25.0 Å². The third-order valence-electron chi connectivity index (χ3n) is 4.76. The van der Waals surface area contributed by atoms with Gasteiger partial charge in [-0.2, -0.15) is 0 Å². The lowest BCUT2D eigenvalue weighted by molar-refractivity contribution is -0.115. The summed E-state index contributed by atoms with van der Waals surface area (Å²) in [5.41, 5.74) is 2.13. The van der Waals surface area contributed by atoms with Crippen LogP contribution in [0.15, 0.2) is 42.7 Å². The highest BCUT2D eigenvalue weighted by Gasteiger charge is 2.17. The van der Waals surface area contributed by atoms with Crippen molar-refractivity contribution in [3.63, 3.8) is 0 Å². The zero-order chi connectivity index (χ0) is 18.2. The predicted octanol–water partition coefficient (Wildman–Crippen LogP) is 3.29. The summed E-state index contributed by atoms with van der Waals surface area (Å²) < 4.78 is 0. The van der Waals surface area contributed by atoms with Crippen molar-refractivity contribution in [3.05, 3.63) is 48.3 Å². The SMILES string of the molecule is CC1CCCCN1Cc1ccc(NC(=O)CCNc2ncccn2)cc1. The van der Waals surface area contributed by atoms with Crippen LogP contribution in [0.2, 0.25) is 0 Å². The molecule has 1 atom stereocenters. The second kappa shape index (κ2) is 9.29.